The summed E-state index contributed by atoms with van der Waals surface area (Å²) in [6.45, 7) is 0. The second-order valence-electron chi connectivity index (χ2n) is 6.17. The number of hydrogen-bond acceptors (Lipinski definition) is 3. The van der Waals surface area contributed by atoms with Crippen LogP contribution in [0.1, 0.15) is 15.9 Å². The molecule has 29 heavy (non-hydrogen) atoms. The van der Waals surface area contributed by atoms with E-state index in [4.69, 9.17) is 9.47 Å². The SMILES string of the molecule is COc1cccc(-c2cc(OC)ccc2C(=O)Nc2ccc(C(F)(F)F)cc2)c1. The van der Waals surface area contributed by atoms with Crippen LogP contribution in [0, 0.1) is 0 Å². The lowest BCUT2D eigenvalue weighted by molar-refractivity contribution is -0.137. The molecule has 0 aliphatic heterocycles. The van der Waals surface area contributed by atoms with Crippen LogP contribution in [0.25, 0.3) is 11.1 Å². The van der Waals surface area contributed by atoms with Crippen LogP contribution in [0.2, 0.25) is 0 Å². The smallest absolute Gasteiger partial charge is 0.416 e. The summed E-state index contributed by atoms with van der Waals surface area (Å²) in [5, 5.41) is 2.63. The monoisotopic (exact) mass is 401 g/mol. The van der Waals surface area contributed by atoms with E-state index in [1.165, 1.54) is 19.2 Å². The molecule has 0 radical (unpaired) electrons. The number of carbonyl (C=O) groups is 1. The highest BCUT2D eigenvalue weighted by Crippen LogP contribution is 2.32. The van der Waals surface area contributed by atoms with Gasteiger partial charge in [-0.2, -0.15) is 13.2 Å². The zero-order valence-corrected chi connectivity index (χ0v) is 15.7. The number of hydrogen-bond donors (Lipinski definition) is 1. The summed E-state index contributed by atoms with van der Waals surface area (Å²) in [6, 6.07) is 16.4. The highest BCUT2D eigenvalue weighted by molar-refractivity contribution is 6.09. The minimum atomic E-state index is -4.43. The van der Waals surface area contributed by atoms with E-state index < -0.39 is 17.6 Å². The number of benzene rings is 3. The van der Waals surface area contributed by atoms with Crippen molar-refractivity contribution in [3.05, 3.63) is 77.9 Å². The molecule has 0 heterocycles. The van der Waals surface area contributed by atoms with Gasteiger partial charge in [0.1, 0.15) is 11.5 Å². The molecule has 4 nitrogen and oxygen atoms in total. The Hall–Kier alpha value is -3.48. The van der Waals surface area contributed by atoms with Gasteiger partial charge in [0, 0.05) is 11.3 Å². The van der Waals surface area contributed by atoms with E-state index in [1.807, 2.05) is 6.07 Å². The first-order chi connectivity index (χ1) is 13.8. The largest absolute Gasteiger partial charge is 0.497 e. The molecule has 0 aliphatic rings. The van der Waals surface area contributed by atoms with Crippen LogP contribution in [0.15, 0.2) is 66.7 Å². The van der Waals surface area contributed by atoms with E-state index in [0.29, 0.717) is 22.6 Å². The van der Waals surface area contributed by atoms with Crippen LogP contribution in [0.3, 0.4) is 0 Å². The average Bonchev–Trinajstić information content (AvgIpc) is 2.73. The lowest BCUT2D eigenvalue weighted by Gasteiger charge is -2.13. The predicted octanol–water partition coefficient (Wildman–Crippen LogP) is 5.64. The zero-order valence-electron chi connectivity index (χ0n) is 15.7. The van der Waals surface area contributed by atoms with Gasteiger partial charge in [-0.3, -0.25) is 4.79 Å². The fourth-order valence-corrected chi connectivity index (χ4v) is 2.82. The molecular weight excluding hydrogens is 383 g/mol. The molecule has 0 aliphatic carbocycles. The summed E-state index contributed by atoms with van der Waals surface area (Å²) in [5.74, 6) is 0.735. The zero-order chi connectivity index (χ0) is 21.0. The van der Waals surface area contributed by atoms with E-state index in [2.05, 4.69) is 5.32 Å². The molecule has 0 aromatic heterocycles. The molecule has 0 saturated heterocycles. The van der Waals surface area contributed by atoms with E-state index in [1.54, 1.807) is 43.5 Å². The quantitative estimate of drug-likeness (QED) is 0.602. The number of rotatable bonds is 5. The van der Waals surface area contributed by atoms with Crippen LogP contribution in [0.5, 0.6) is 11.5 Å². The second kappa shape index (κ2) is 8.26. The van der Waals surface area contributed by atoms with Gasteiger partial charge in [-0.05, 0) is 65.7 Å². The molecule has 150 valence electrons. The molecule has 3 aromatic carbocycles. The van der Waals surface area contributed by atoms with Crippen molar-refractivity contribution >= 4 is 11.6 Å². The van der Waals surface area contributed by atoms with Gasteiger partial charge in [0.15, 0.2) is 0 Å². The number of carbonyl (C=O) groups excluding carboxylic acids is 1. The summed E-state index contributed by atoms with van der Waals surface area (Å²) < 4.78 is 48.6. The number of halogens is 3. The normalized spacial score (nSPS) is 11.1. The Morgan fingerprint density at radius 3 is 2.14 bits per heavy atom. The third-order valence-electron chi connectivity index (χ3n) is 4.32. The number of anilines is 1. The number of nitrogens with one attached hydrogen (secondary N) is 1. The second-order valence-corrected chi connectivity index (χ2v) is 6.17. The van der Waals surface area contributed by atoms with Crippen molar-refractivity contribution in [2.45, 2.75) is 6.18 Å². The Bertz CT molecular complexity index is 1010. The Morgan fingerprint density at radius 2 is 1.52 bits per heavy atom. The first-order valence-electron chi connectivity index (χ1n) is 8.63. The van der Waals surface area contributed by atoms with E-state index in [0.717, 1.165) is 17.7 Å². The maximum atomic E-state index is 12.8. The first-order valence-corrected chi connectivity index (χ1v) is 8.63. The van der Waals surface area contributed by atoms with Crippen LogP contribution >= 0.6 is 0 Å². The van der Waals surface area contributed by atoms with Gasteiger partial charge < -0.3 is 14.8 Å². The molecular formula is C22H18F3NO3. The lowest BCUT2D eigenvalue weighted by Crippen LogP contribution is -2.13. The van der Waals surface area contributed by atoms with Crippen LogP contribution in [-0.2, 0) is 6.18 Å². The number of ether oxygens (including phenoxy) is 2. The van der Waals surface area contributed by atoms with E-state index in [-0.39, 0.29) is 5.69 Å². The molecule has 0 bridgehead atoms. The molecule has 0 saturated carbocycles. The van der Waals surface area contributed by atoms with Gasteiger partial charge in [0.25, 0.3) is 5.91 Å². The average molecular weight is 401 g/mol. The molecule has 0 fully saturated rings. The molecule has 0 spiro atoms. The minimum absolute atomic E-state index is 0.260. The van der Waals surface area contributed by atoms with Gasteiger partial charge >= 0.3 is 6.18 Å². The van der Waals surface area contributed by atoms with Gasteiger partial charge in [-0.15, -0.1) is 0 Å². The maximum absolute atomic E-state index is 12.8. The number of alkyl halides is 3. The van der Waals surface area contributed by atoms with Crippen molar-refractivity contribution in [3.8, 4) is 22.6 Å². The van der Waals surface area contributed by atoms with E-state index in [9.17, 15) is 18.0 Å². The standard InChI is InChI=1S/C22H18F3NO3/c1-28-17-5-3-4-14(12-17)20-13-18(29-2)10-11-19(20)21(27)26-16-8-6-15(7-9-16)22(23,24)25/h3-13H,1-2H3,(H,26,27). The van der Waals surface area contributed by atoms with Crippen molar-refractivity contribution in [2.24, 2.45) is 0 Å². The summed E-state index contributed by atoms with van der Waals surface area (Å²) in [5.41, 5.74) is 1.17. The number of methoxy groups -OCH3 is 2. The number of amides is 1. The molecule has 7 heteroatoms. The first kappa shape index (κ1) is 20.3. The summed E-state index contributed by atoms with van der Waals surface area (Å²) >= 11 is 0. The highest BCUT2D eigenvalue weighted by Gasteiger charge is 2.30. The van der Waals surface area contributed by atoms with Crippen molar-refractivity contribution in [1.82, 2.24) is 0 Å². The summed E-state index contributed by atoms with van der Waals surface area (Å²) in [7, 11) is 3.07. The van der Waals surface area contributed by atoms with Gasteiger partial charge in [0.2, 0.25) is 0 Å². The molecule has 3 aromatic rings. The lowest BCUT2D eigenvalue weighted by atomic mass is 9.98. The molecule has 1 amide bonds. The van der Waals surface area contributed by atoms with Gasteiger partial charge in [-0.1, -0.05) is 12.1 Å². The van der Waals surface area contributed by atoms with Crippen LogP contribution in [0.4, 0.5) is 18.9 Å². The maximum Gasteiger partial charge on any atom is 0.416 e. The van der Waals surface area contributed by atoms with Gasteiger partial charge in [-0.25, -0.2) is 0 Å². The van der Waals surface area contributed by atoms with Crippen molar-refractivity contribution < 1.29 is 27.4 Å². The third-order valence-corrected chi connectivity index (χ3v) is 4.32. The van der Waals surface area contributed by atoms with Gasteiger partial charge in [0.05, 0.1) is 19.8 Å². The Kier molecular flexibility index (Phi) is 5.77. The van der Waals surface area contributed by atoms with Crippen molar-refractivity contribution in [2.75, 3.05) is 19.5 Å². The Morgan fingerprint density at radius 1 is 0.862 bits per heavy atom. The van der Waals surface area contributed by atoms with Crippen molar-refractivity contribution in [3.63, 3.8) is 0 Å². The third kappa shape index (κ3) is 4.68. The van der Waals surface area contributed by atoms with E-state index >= 15 is 0 Å². The topological polar surface area (TPSA) is 47.6 Å². The summed E-state index contributed by atoms with van der Waals surface area (Å²) in [6.07, 6.45) is -4.43. The van der Waals surface area contributed by atoms with Crippen LogP contribution in [-0.4, -0.2) is 20.1 Å². The van der Waals surface area contributed by atoms with Crippen LogP contribution < -0.4 is 14.8 Å². The van der Waals surface area contributed by atoms with Crippen molar-refractivity contribution in [1.29, 1.82) is 0 Å². The minimum Gasteiger partial charge on any atom is -0.497 e. The molecule has 0 unspecified atom stereocenters. The Balaban J connectivity index is 1.94. The molecule has 0 atom stereocenters. The summed E-state index contributed by atoms with van der Waals surface area (Å²) in [4.78, 5) is 12.8. The highest BCUT2D eigenvalue weighted by atomic mass is 19.4. The Labute approximate surface area is 165 Å². The fourth-order valence-electron chi connectivity index (χ4n) is 2.82. The predicted molar refractivity (Wildman–Crippen MR) is 104 cm³/mol. The molecule has 3 rings (SSSR count). The fraction of sp³-hybridized carbons (Fsp3) is 0.136. The molecule has 1 N–H and O–H groups in total.